The van der Waals surface area contributed by atoms with Crippen LogP contribution in [0.1, 0.15) is 26.1 Å². The fourth-order valence-electron chi connectivity index (χ4n) is 1.62. The number of amides is 1. The van der Waals surface area contributed by atoms with Crippen LogP contribution in [0, 0.1) is 0 Å². The van der Waals surface area contributed by atoms with E-state index in [1.165, 1.54) is 0 Å². The van der Waals surface area contributed by atoms with Crippen LogP contribution < -0.4 is 0 Å². The van der Waals surface area contributed by atoms with E-state index in [0.717, 1.165) is 36.8 Å². The second-order valence-corrected chi connectivity index (χ2v) is 5.12. The van der Waals surface area contributed by atoms with Gasteiger partial charge in [0, 0.05) is 44.5 Å². The third-order valence-corrected chi connectivity index (χ3v) is 3.74. The Morgan fingerprint density at radius 3 is 2.61 bits per heavy atom. The molecule has 0 N–H and O–H groups in total. The number of rotatable bonds is 8. The van der Waals surface area contributed by atoms with E-state index in [1.807, 2.05) is 25.8 Å². The summed E-state index contributed by atoms with van der Waals surface area (Å²) in [5.74, 6) is 2.94. The Morgan fingerprint density at radius 2 is 2.06 bits per heavy atom. The minimum absolute atomic E-state index is 0.243. The Kier molecular flexibility index (Phi) is 6.70. The topological polar surface area (TPSA) is 63.9 Å². The van der Waals surface area contributed by atoms with Crippen LogP contribution in [-0.2, 0) is 18.3 Å². The second-order valence-electron chi connectivity index (χ2n) is 3.90. The molecule has 1 aromatic rings. The maximum atomic E-state index is 11.7. The molecule has 102 valence electrons. The zero-order valence-corrected chi connectivity index (χ0v) is 12.1. The van der Waals surface area contributed by atoms with Gasteiger partial charge in [0.15, 0.2) is 5.82 Å². The molecule has 7 heteroatoms. The highest BCUT2D eigenvalue weighted by atomic mass is 32.2. The number of tetrazole rings is 1. The highest BCUT2D eigenvalue weighted by molar-refractivity contribution is 7.99. The summed E-state index contributed by atoms with van der Waals surface area (Å²) in [7, 11) is 1.84. The second kappa shape index (κ2) is 8.07. The molecule has 0 saturated heterocycles. The van der Waals surface area contributed by atoms with Crippen molar-refractivity contribution in [3.8, 4) is 0 Å². The summed E-state index contributed by atoms with van der Waals surface area (Å²) in [5.41, 5.74) is 0. The number of hydrogen-bond donors (Lipinski definition) is 0. The fourth-order valence-corrected chi connectivity index (χ4v) is 2.47. The number of aryl methyl sites for hydroxylation is 2. The largest absolute Gasteiger partial charge is 0.343 e. The van der Waals surface area contributed by atoms with Crippen molar-refractivity contribution >= 4 is 17.7 Å². The van der Waals surface area contributed by atoms with Gasteiger partial charge in [0.1, 0.15) is 0 Å². The lowest BCUT2D eigenvalue weighted by Crippen LogP contribution is -2.30. The zero-order valence-electron chi connectivity index (χ0n) is 11.3. The molecular weight excluding hydrogens is 250 g/mol. The summed E-state index contributed by atoms with van der Waals surface area (Å²) in [5, 5.41) is 11.3. The highest BCUT2D eigenvalue weighted by Gasteiger charge is 2.08. The first-order valence-electron chi connectivity index (χ1n) is 6.25. The Hall–Kier alpha value is -1.11. The quantitative estimate of drug-likeness (QED) is 0.653. The van der Waals surface area contributed by atoms with Gasteiger partial charge >= 0.3 is 0 Å². The first-order valence-corrected chi connectivity index (χ1v) is 7.41. The van der Waals surface area contributed by atoms with Gasteiger partial charge in [-0.3, -0.25) is 4.79 Å². The van der Waals surface area contributed by atoms with Gasteiger partial charge in [-0.1, -0.05) is 0 Å². The van der Waals surface area contributed by atoms with Crippen LogP contribution in [0.5, 0.6) is 0 Å². The number of thioether (sulfide) groups is 1. The van der Waals surface area contributed by atoms with Crippen molar-refractivity contribution in [2.75, 3.05) is 24.6 Å². The van der Waals surface area contributed by atoms with Gasteiger partial charge in [-0.05, 0) is 24.3 Å². The van der Waals surface area contributed by atoms with Gasteiger partial charge in [-0.2, -0.15) is 11.8 Å². The van der Waals surface area contributed by atoms with Crippen molar-refractivity contribution in [3.05, 3.63) is 5.82 Å². The summed E-state index contributed by atoms with van der Waals surface area (Å²) in [4.78, 5) is 13.6. The first kappa shape index (κ1) is 14.9. The Morgan fingerprint density at radius 1 is 1.33 bits per heavy atom. The van der Waals surface area contributed by atoms with Crippen LogP contribution in [-0.4, -0.2) is 55.6 Å². The van der Waals surface area contributed by atoms with Crippen LogP contribution in [0.4, 0.5) is 0 Å². The molecule has 0 spiro atoms. The molecule has 0 aliphatic rings. The molecule has 1 heterocycles. The van der Waals surface area contributed by atoms with E-state index in [-0.39, 0.29) is 5.91 Å². The summed E-state index contributed by atoms with van der Waals surface area (Å²) in [6.45, 7) is 5.61. The van der Waals surface area contributed by atoms with E-state index in [1.54, 1.807) is 16.4 Å². The molecular formula is C11H21N5OS. The lowest BCUT2D eigenvalue weighted by Gasteiger charge is -2.18. The van der Waals surface area contributed by atoms with Crippen LogP contribution >= 0.6 is 11.8 Å². The molecule has 1 rings (SSSR count). The average Bonchev–Trinajstić information content (AvgIpc) is 2.76. The summed E-state index contributed by atoms with van der Waals surface area (Å²) in [6.07, 6.45) is 1.46. The van der Waals surface area contributed by atoms with Crippen LogP contribution in [0.15, 0.2) is 0 Å². The van der Waals surface area contributed by atoms with Crippen molar-refractivity contribution < 1.29 is 4.79 Å². The molecule has 0 saturated carbocycles. The van der Waals surface area contributed by atoms with Crippen molar-refractivity contribution in [3.63, 3.8) is 0 Å². The minimum atomic E-state index is 0.243. The lowest BCUT2D eigenvalue weighted by molar-refractivity contribution is -0.130. The normalized spacial score (nSPS) is 10.6. The van der Waals surface area contributed by atoms with Crippen molar-refractivity contribution in [1.82, 2.24) is 25.1 Å². The molecule has 0 atom stereocenters. The van der Waals surface area contributed by atoms with Gasteiger partial charge in [0.05, 0.1) is 0 Å². The molecule has 0 radical (unpaired) electrons. The zero-order chi connectivity index (χ0) is 13.4. The minimum Gasteiger partial charge on any atom is -0.343 e. The maximum absolute atomic E-state index is 11.7. The fraction of sp³-hybridized carbons (Fsp3) is 0.818. The van der Waals surface area contributed by atoms with E-state index in [9.17, 15) is 4.79 Å². The Labute approximate surface area is 112 Å². The van der Waals surface area contributed by atoms with Crippen molar-refractivity contribution in [2.24, 2.45) is 7.05 Å². The maximum Gasteiger partial charge on any atom is 0.223 e. The molecule has 0 aliphatic heterocycles. The molecule has 0 bridgehead atoms. The molecule has 0 fully saturated rings. The van der Waals surface area contributed by atoms with Crippen molar-refractivity contribution in [1.29, 1.82) is 0 Å². The van der Waals surface area contributed by atoms with E-state index in [4.69, 9.17) is 0 Å². The van der Waals surface area contributed by atoms with Crippen molar-refractivity contribution in [2.45, 2.75) is 26.7 Å². The third kappa shape index (κ3) is 4.64. The number of carbonyl (C=O) groups excluding carboxylic acids is 1. The third-order valence-electron chi connectivity index (χ3n) is 2.75. The van der Waals surface area contributed by atoms with Crippen LogP contribution in [0.2, 0.25) is 0 Å². The number of hydrogen-bond acceptors (Lipinski definition) is 5. The molecule has 6 nitrogen and oxygen atoms in total. The smallest absolute Gasteiger partial charge is 0.223 e. The van der Waals surface area contributed by atoms with Crippen LogP contribution in [0.25, 0.3) is 0 Å². The average molecular weight is 271 g/mol. The number of nitrogens with zero attached hydrogens (tertiary/aromatic N) is 5. The molecule has 0 aromatic carbocycles. The standard InChI is InChI=1S/C11H21N5OS/c1-4-16(5-2)11(17)7-9-18-8-6-10-12-13-14-15(10)3/h4-9H2,1-3H3. The summed E-state index contributed by atoms with van der Waals surface area (Å²) in [6, 6.07) is 0. The summed E-state index contributed by atoms with van der Waals surface area (Å²) >= 11 is 1.77. The monoisotopic (exact) mass is 271 g/mol. The number of aromatic nitrogens is 4. The van der Waals surface area contributed by atoms with Gasteiger partial charge in [0.2, 0.25) is 5.91 Å². The number of carbonyl (C=O) groups is 1. The van der Waals surface area contributed by atoms with E-state index < -0.39 is 0 Å². The Bertz CT molecular complexity index is 364. The molecule has 1 amide bonds. The predicted octanol–water partition coefficient (Wildman–Crippen LogP) is 0.744. The van der Waals surface area contributed by atoms with E-state index in [2.05, 4.69) is 15.5 Å². The van der Waals surface area contributed by atoms with Gasteiger partial charge in [-0.25, -0.2) is 4.68 Å². The summed E-state index contributed by atoms with van der Waals surface area (Å²) < 4.78 is 1.68. The first-order chi connectivity index (χ1) is 8.69. The molecule has 0 unspecified atom stereocenters. The van der Waals surface area contributed by atoms with E-state index in [0.29, 0.717) is 6.42 Å². The van der Waals surface area contributed by atoms with Gasteiger partial charge in [-0.15, -0.1) is 5.10 Å². The molecule has 0 aliphatic carbocycles. The predicted molar refractivity (Wildman–Crippen MR) is 72.4 cm³/mol. The van der Waals surface area contributed by atoms with E-state index >= 15 is 0 Å². The molecule has 18 heavy (non-hydrogen) atoms. The van der Waals surface area contributed by atoms with Gasteiger partial charge < -0.3 is 4.90 Å². The van der Waals surface area contributed by atoms with Crippen LogP contribution in [0.3, 0.4) is 0 Å². The lowest BCUT2D eigenvalue weighted by atomic mass is 10.4. The highest BCUT2D eigenvalue weighted by Crippen LogP contribution is 2.07. The molecule has 1 aromatic heterocycles. The van der Waals surface area contributed by atoms with Gasteiger partial charge in [0.25, 0.3) is 0 Å². The Balaban J connectivity index is 2.12. The SMILES string of the molecule is CCN(CC)C(=O)CCSCCc1nnnn1C.